The molecule has 3 aromatic rings. The SMILES string of the molecule is CCN1C(=O)C(=Cc2cn(-c3ccccc3)nc2-c2cc(C)c3c(c2)CC(C)O3)C(C)=C(C#N)C1=O. The van der Waals surface area contributed by atoms with Crippen molar-refractivity contribution in [2.24, 2.45) is 0 Å². The fourth-order valence-corrected chi connectivity index (χ4v) is 4.86. The molecule has 7 nitrogen and oxygen atoms in total. The van der Waals surface area contributed by atoms with Gasteiger partial charge in [0.2, 0.25) is 0 Å². The third-order valence-corrected chi connectivity index (χ3v) is 6.66. The van der Waals surface area contributed by atoms with Crippen molar-refractivity contribution in [3.05, 3.63) is 82.1 Å². The maximum absolute atomic E-state index is 13.3. The lowest BCUT2D eigenvalue weighted by molar-refractivity contribution is -0.140. The summed E-state index contributed by atoms with van der Waals surface area (Å²) in [6.07, 6.45) is 4.55. The summed E-state index contributed by atoms with van der Waals surface area (Å²) in [4.78, 5) is 27.0. The van der Waals surface area contributed by atoms with E-state index in [9.17, 15) is 14.9 Å². The summed E-state index contributed by atoms with van der Waals surface area (Å²) in [7, 11) is 0. The number of rotatable bonds is 4. The largest absolute Gasteiger partial charge is 0.490 e. The van der Waals surface area contributed by atoms with Gasteiger partial charge in [0, 0.05) is 35.9 Å². The summed E-state index contributed by atoms with van der Waals surface area (Å²) in [6.45, 7) is 7.63. The van der Waals surface area contributed by atoms with E-state index in [2.05, 4.69) is 13.0 Å². The predicted octanol–water partition coefficient (Wildman–Crippen LogP) is 4.78. The van der Waals surface area contributed by atoms with Crippen LogP contribution in [0.25, 0.3) is 23.0 Å². The van der Waals surface area contributed by atoms with Crippen LogP contribution in [0.1, 0.15) is 37.5 Å². The number of carbonyl (C=O) groups excluding carboxylic acids is 2. The van der Waals surface area contributed by atoms with Gasteiger partial charge < -0.3 is 4.74 Å². The average Bonchev–Trinajstić information content (AvgIpc) is 3.46. The molecule has 0 saturated heterocycles. The monoisotopic (exact) mass is 478 g/mol. The van der Waals surface area contributed by atoms with Crippen LogP contribution >= 0.6 is 0 Å². The lowest BCUT2D eigenvalue weighted by atomic mass is 9.93. The highest BCUT2D eigenvalue weighted by Gasteiger charge is 2.34. The number of amides is 2. The van der Waals surface area contributed by atoms with E-state index < -0.39 is 11.8 Å². The molecule has 0 bridgehead atoms. The molecule has 3 heterocycles. The van der Waals surface area contributed by atoms with Crippen LogP contribution < -0.4 is 4.74 Å². The summed E-state index contributed by atoms with van der Waals surface area (Å²) >= 11 is 0. The zero-order valence-corrected chi connectivity index (χ0v) is 20.7. The van der Waals surface area contributed by atoms with Gasteiger partial charge in [-0.15, -0.1) is 0 Å². The number of aromatic nitrogens is 2. The summed E-state index contributed by atoms with van der Waals surface area (Å²) in [5.74, 6) is -0.0429. The first kappa shape index (κ1) is 23.3. The van der Waals surface area contributed by atoms with Crippen molar-refractivity contribution in [3.63, 3.8) is 0 Å². The van der Waals surface area contributed by atoms with Crippen LogP contribution in [0.4, 0.5) is 0 Å². The first-order valence-electron chi connectivity index (χ1n) is 12.0. The zero-order valence-electron chi connectivity index (χ0n) is 20.7. The van der Waals surface area contributed by atoms with Crippen LogP contribution in [0.2, 0.25) is 0 Å². The van der Waals surface area contributed by atoms with E-state index >= 15 is 0 Å². The van der Waals surface area contributed by atoms with Gasteiger partial charge in [0.15, 0.2) is 0 Å². The second kappa shape index (κ2) is 8.97. The molecule has 1 aromatic heterocycles. The van der Waals surface area contributed by atoms with E-state index in [0.717, 1.165) is 45.0 Å². The smallest absolute Gasteiger partial charge is 0.271 e. The summed E-state index contributed by atoms with van der Waals surface area (Å²) in [5.41, 5.74) is 6.05. The molecule has 0 saturated carbocycles. The quantitative estimate of drug-likeness (QED) is 0.398. The molecule has 0 radical (unpaired) electrons. The van der Waals surface area contributed by atoms with Gasteiger partial charge in [-0.1, -0.05) is 18.2 Å². The highest BCUT2D eigenvalue weighted by Crippen LogP contribution is 2.38. The van der Waals surface area contributed by atoms with E-state index in [1.807, 2.05) is 55.6 Å². The molecule has 0 aliphatic carbocycles. The van der Waals surface area contributed by atoms with Crippen molar-refractivity contribution >= 4 is 17.9 Å². The molecular weight excluding hydrogens is 452 g/mol. The Morgan fingerprint density at radius 3 is 2.61 bits per heavy atom. The number of aryl methyl sites for hydroxylation is 1. The van der Waals surface area contributed by atoms with Gasteiger partial charge in [-0.05, 0) is 74.7 Å². The Morgan fingerprint density at radius 2 is 1.92 bits per heavy atom. The molecule has 1 unspecified atom stereocenters. The lowest BCUT2D eigenvalue weighted by Gasteiger charge is -2.26. The molecule has 2 aliphatic rings. The second-order valence-electron chi connectivity index (χ2n) is 9.15. The normalized spacial score (nSPS) is 18.5. The number of para-hydroxylation sites is 1. The van der Waals surface area contributed by atoms with Gasteiger partial charge in [0.25, 0.3) is 11.8 Å². The van der Waals surface area contributed by atoms with Gasteiger partial charge in [0.05, 0.1) is 11.4 Å². The number of benzene rings is 2. The number of likely N-dealkylation sites (N-methyl/N-ethyl adjacent to an activating group) is 1. The zero-order chi connectivity index (χ0) is 25.6. The maximum atomic E-state index is 13.3. The number of imide groups is 1. The number of fused-ring (bicyclic) bond motifs is 1. The first-order valence-corrected chi connectivity index (χ1v) is 12.0. The molecule has 36 heavy (non-hydrogen) atoms. The van der Waals surface area contributed by atoms with Gasteiger partial charge >= 0.3 is 0 Å². The molecule has 0 spiro atoms. The van der Waals surface area contributed by atoms with Crippen molar-refractivity contribution in [1.82, 2.24) is 14.7 Å². The second-order valence-corrected chi connectivity index (χ2v) is 9.15. The van der Waals surface area contributed by atoms with Crippen LogP contribution in [0.15, 0.2) is 65.4 Å². The maximum Gasteiger partial charge on any atom is 0.271 e. The van der Waals surface area contributed by atoms with E-state index in [1.165, 1.54) is 0 Å². The van der Waals surface area contributed by atoms with Gasteiger partial charge in [0.1, 0.15) is 23.5 Å². The number of nitriles is 1. The van der Waals surface area contributed by atoms with Crippen molar-refractivity contribution < 1.29 is 14.3 Å². The fraction of sp³-hybridized carbons (Fsp3) is 0.241. The predicted molar refractivity (Wildman–Crippen MR) is 136 cm³/mol. The molecule has 5 rings (SSSR count). The highest BCUT2D eigenvalue weighted by atomic mass is 16.5. The lowest BCUT2D eigenvalue weighted by Crippen LogP contribution is -2.42. The minimum Gasteiger partial charge on any atom is -0.490 e. The van der Waals surface area contributed by atoms with E-state index in [4.69, 9.17) is 9.84 Å². The van der Waals surface area contributed by atoms with Crippen LogP contribution in [0, 0.1) is 18.3 Å². The van der Waals surface area contributed by atoms with E-state index in [-0.39, 0.29) is 18.2 Å². The highest BCUT2D eigenvalue weighted by molar-refractivity contribution is 6.19. The summed E-state index contributed by atoms with van der Waals surface area (Å²) in [5, 5.41) is 14.5. The number of ether oxygens (including phenoxy) is 1. The van der Waals surface area contributed by atoms with Crippen LogP contribution in [0.3, 0.4) is 0 Å². The van der Waals surface area contributed by atoms with Gasteiger partial charge in [-0.3, -0.25) is 14.5 Å². The minimum absolute atomic E-state index is 0.0146. The van der Waals surface area contributed by atoms with Gasteiger partial charge in [-0.2, -0.15) is 10.4 Å². The fourth-order valence-electron chi connectivity index (χ4n) is 4.86. The standard InChI is InChI=1S/C29H26N4O3/c1-5-32-28(34)24(19(4)25(15-30)29(32)35)14-22-16-33(23-9-7-6-8-10-23)31-26(22)20-11-17(2)27-21(13-20)12-18(3)36-27/h6-11,13-14,16,18H,5,12H2,1-4H3. The molecule has 1 atom stereocenters. The van der Waals surface area contributed by atoms with Crippen molar-refractivity contribution in [1.29, 1.82) is 5.26 Å². The van der Waals surface area contributed by atoms with E-state index in [0.29, 0.717) is 16.8 Å². The Balaban J connectivity index is 1.72. The Kier molecular flexibility index (Phi) is 5.81. The first-order chi connectivity index (χ1) is 17.3. The van der Waals surface area contributed by atoms with Crippen LogP contribution in [-0.4, -0.2) is 39.1 Å². The number of nitrogens with zero attached hydrogens (tertiary/aromatic N) is 4. The number of hydrogen-bond acceptors (Lipinski definition) is 5. The average molecular weight is 479 g/mol. The van der Waals surface area contributed by atoms with E-state index in [1.54, 1.807) is 24.6 Å². The summed E-state index contributed by atoms with van der Waals surface area (Å²) < 4.78 is 7.77. The number of hydrogen-bond donors (Lipinski definition) is 0. The Morgan fingerprint density at radius 1 is 1.17 bits per heavy atom. The molecule has 7 heteroatoms. The molecule has 0 fully saturated rings. The van der Waals surface area contributed by atoms with Gasteiger partial charge in [-0.25, -0.2) is 4.68 Å². The Hall–Kier alpha value is -4.44. The minimum atomic E-state index is -0.553. The molecule has 0 N–H and O–H groups in total. The molecule has 2 aliphatic heterocycles. The molecule has 180 valence electrons. The Labute approximate surface area is 209 Å². The van der Waals surface area contributed by atoms with Crippen molar-refractivity contribution in [2.45, 2.75) is 40.2 Å². The van der Waals surface area contributed by atoms with Crippen LogP contribution in [0.5, 0.6) is 5.75 Å². The topological polar surface area (TPSA) is 88.2 Å². The Bertz CT molecular complexity index is 1510. The van der Waals surface area contributed by atoms with Crippen molar-refractivity contribution in [2.75, 3.05) is 6.54 Å². The molecular formula is C29H26N4O3. The van der Waals surface area contributed by atoms with Crippen LogP contribution in [-0.2, 0) is 16.0 Å². The third-order valence-electron chi connectivity index (χ3n) is 6.66. The van der Waals surface area contributed by atoms with Crippen molar-refractivity contribution in [3.8, 4) is 28.8 Å². The number of carbonyl (C=O) groups is 2. The molecule has 2 aromatic carbocycles. The third kappa shape index (κ3) is 3.81. The summed E-state index contributed by atoms with van der Waals surface area (Å²) in [6, 6.07) is 15.9. The molecule has 2 amide bonds.